The van der Waals surface area contributed by atoms with Crippen LogP contribution in [-0.2, 0) is 17.9 Å². The van der Waals surface area contributed by atoms with E-state index in [2.05, 4.69) is 5.32 Å². The fraction of sp³-hybridized carbons (Fsp3) is 0.300. The number of aliphatic hydroxyl groups is 1. The number of aliphatic hydroxyl groups excluding tert-OH is 1. The maximum atomic E-state index is 13.3. The second-order valence-electron chi connectivity index (χ2n) is 6.08. The van der Waals surface area contributed by atoms with Gasteiger partial charge < -0.3 is 10.4 Å². The monoisotopic (exact) mass is 343 g/mol. The van der Waals surface area contributed by atoms with E-state index in [0.29, 0.717) is 11.1 Å². The van der Waals surface area contributed by atoms with E-state index < -0.39 is 12.4 Å². The van der Waals surface area contributed by atoms with Gasteiger partial charge in [-0.05, 0) is 48.7 Å². The van der Waals surface area contributed by atoms with Gasteiger partial charge in [-0.25, -0.2) is 4.39 Å². The van der Waals surface area contributed by atoms with Crippen LogP contribution in [0.25, 0.3) is 0 Å². The Morgan fingerprint density at radius 3 is 2.48 bits per heavy atom. The van der Waals surface area contributed by atoms with Crippen molar-refractivity contribution in [3.05, 3.63) is 70.0 Å². The number of halogens is 1. The highest BCUT2D eigenvalue weighted by Gasteiger charge is 2.10. The highest BCUT2D eigenvalue weighted by Crippen LogP contribution is 2.13. The van der Waals surface area contributed by atoms with Crippen LogP contribution in [-0.4, -0.2) is 16.8 Å². The van der Waals surface area contributed by atoms with E-state index >= 15 is 0 Å². The van der Waals surface area contributed by atoms with E-state index in [1.807, 2.05) is 26.0 Å². The zero-order valence-corrected chi connectivity index (χ0v) is 14.4. The first-order valence-electron chi connectivity index (χ1n) is 8.16. The fourth-order valence-corrected chi connectivity index (χ4v) is 2.43. The van der Waals surface area contributed by atoms with Gasteiger partial charge >= 0.3 is 0 Å². The van der Waals surface area contributed by atoms with Crippen LogP contribution in [0.4, 0.5) is 4.39 Å². The summed E-state index contributed by atoms with van der Waals surface area (Å²) in [6.07, 6.45) is 0.236. The normalized spacial score (nSPS) is 10.6. The third-order valence-electron chi connectivity index (χ3n) is 4.18. The molecule has 5 heteroatoms. The number of carbonyl (C=O) groups is 2. The van der Waals surface area contributed by atoms with Crippen LogP contribution >= 0.6 is 0 Å². The zero-order valence-electron chi connectivity index (χ0n) is 14.4. The molecule has 4 nitrogen and oxygen atoms in total. The minimum absolute atomic E-state index is 0.0670. The minimum atomic E-state index is -0.475. The van der Waals surface area contributed by atoms with Gasteiger partial charge in [0.05, 0.1) is 6.61 Å². The Morgan fingerprint density at radius 2 is 1.80 bits per heavy atom. The molecule has 0 radical (unpaired) electrons. The fourth-order valence-electron chi connectivity index (χ4n) is 2.43. The van der Waals surface area contributed by atoms with Crippen LogP contribution in [0.3, 0.4) is 0 Å². The highest BCUT2D eigenvalue weighted by atomic mass is 19.1. The van der Waals surface area contributed by atoms with Gasteiger partial charge in [-0.2, -0.15) is 0 Å². The van der Waals surface area contributed by atoms with Crippen molar-refractivity contribution in [1.29, 1.82) is 0 Å². The quantitative estimate of drug-likeness (QED) is 0.759. The summed E-state index contributed by atoms with van der Waals surface area (Å²) in [6.45, 7) is 3.76. The second-order valence-corrected chi connectivity index (χ2v) is 6.08. The molecule has 25 heavy (non-hydrogen) atoms. The molecule has 0 spiro atoms. The summed E-state index contributed by atoms with van der Waals surface area (Å²) in [5.74, 6) is -0.786. The number of Topliss-reactive ketones (excluding diaryl/α,β-unsaturated/α-hetero) is 1. The van der Waals surface area contributed by atoms with E-state index in [9.17, 15) is 14.0 Å². The SMILES string of the molecule is Cc1ccc(C(=O)CCC(=O)NCc2ccc(F)c(CO)c2)cc1C. The number of nitrogens with one attached hydrogen (secondary N) is 1. The first kappa shape index (κ1) is 18.8. The van der Waals surface area contributed by atoms with Crippen molar-refractivity contribution >= 4 is 11.7 Å². The van der Waals surface area contributed by atoms with E-state index in [4.69, 9.17) is 5.11 Å². The molecule has 0 aliphatic carbocycles. The van der Waals surface area contributed by atoms with Crippen molar-refractivity contribution in [3.8, 4) is 0 Å². The number of ketones is 1. The predicted octanol–water partition coefficient (Wildman–Crippen LogP) is 3.21. The van der Waals surface area contributed by atoms with E-state index in [-0.39, 0.29) is 36.6 Å². The summed E-state index contributed by atoms with van der Waals surface area (Å²) in [7, 11) is 0. The third-order valence-corrected chi connectivity index (χ3v) is 4.18. The first-order valence-corrected chi connectivity index (χ1v) is 8.16. The lowest BCUT2D eigenvalue weighted by molar-refractivity contribution is -0.121. The number of benzene rings is 2. The molecule has 0 aromatic heterocycles. The molecule has 132 valence electrons. The first-order chi connectivity index (χ1) is 11.9. The van der Waals surface area contributed by atoms with Crippen molar-refractivity contribution in [2.75, 3.05) is 0 Å². The average molecular weight is 343 g/mol. The molecule has 1 amide bonds. The average Bonchev–Trinajstić information content (AvgIpc) is 2.61. The van der Waals surface area contributed by atoms with Crippen LogP contribution in [0.1, 0.15) is 45.5 Å². The molecule has 2 N–H and O–H groups in total. The van der Waals surface area contributed by atoms with Crippen molar-refractivity contribution in [1.82, 2.24) is 5.32 Å². The lowest BCUT2D eigenvalue weighted by atomic mass is 10.0. The van der Waals surface area contributed by atoms with Gasteiger partial charge in [0.25, 0.3) is 0 Å². The van der Waals surface area contributed by atoms with Crippen molar-refractivity contribution in [3.63, 3.8) is 0 Å². The molecule has 2 aromatic rings. The molecule has 0 fully saturated rings. The molecule has 0 bridgehead atoms. The number of carbonyl (C=O) groups excluding carboxylic acids is 2. The Labute approximate surface area is 146 Å². The summed E-state index contributed by atoms with van der Waals surface area (Å²) in [4.78, 5) is 24.1. The molecule has 0 saturated carbocycles. The maximum Gasteiger partial charge on any atom is 0.220 e. The Hall–Kier alpha value is -2.53. The highest BCUT2D eigenvalue weighted by molar-refractivity contribution is 5.98. The molecule has 2 aromatic carbocycles. The number of rotatable bonds is 7. The molecule has 0 aliphatic rings. The Bertz CT molecular complexity index is 787. The summed E-state index contributed by atoms with van der Waals surface area (Å²) in [6, 6.07) is 9.83. The summed E-state index contributed by atoms with van der Waals surface area (Å²) in [5, 5.41) is 11.7. The molecule has 0 heterocycles. The standard InChI is InChI=1S/C20H22FNO3/c1-13-3-5-16(9-14(13)2)19(24)7-8-20(25)22-11-15-4-6-18(21)17(10-15)12-23/h3-6,9-10,23H,7-8,11-12H2,1-2H3,(H,22,25). The lowest BCUT2D eigenvalue weighted by Crippen LogP contribution is -2.23. The van der Waals surface area contributed by atoms with Crippen molar-refractivity contribution in [2.45, 2.75) is 39.8 Å². The van der Waals surface area contributed by atoms with Crippen LogP contribution < -0.4 is 5.32 Å². The number of aryl methyl sites for hydroxylation is 2. The van der Waals surface area contributed by atoms with Gasteiger partial charge in [-0.3, -0.25) is 9.59 Å². The summed E-state index contributed by atoms with van der Waals surface area (Å²) >= 11 is 0. The largest absolute Gasteiger partial charge is 0.392 e. The lowest BCUT2D eigenvalue weighted by Gasteiger charge is -2.08. The van der Waals surface area contributed by atoms with Crippen LogP contribution in [0.2, 0.25) is 0 Å². The topological polar surface area (TPSA) is 66.4 Å². The van der Waals surface area contributed by atoms with E-state index in [1.165, 1.54) is 12.1 Å². The van der Waals surface area contributed by atoms with Gasteiger partial charge in [0.2, 0.25) is 5.91 Å². The molecule has 0 atom stereocenters. The molecule has 0 saturated heterocycles. The van der Waals surface area contributed by atoms with Gasteiger partial charge in [-0.1, -0.05) is 18.2 Å². The Balaban J connectivity index is 1.84. The summed E-state index contributed by atoms with van der Waals surface area (Å²) in [5.41, 5.74) is 3.67. The van der Waals surface area contributed by atoms with Gasteiger partial charge in [-0.15, -0.1) is 0 Å². The Kier molecular flexibility index (Phi) is 6.42. The number of amides is 1. The van der Waals surface area contributed by atoms with Gasteiger partial charge in [0.15, 0.2) is 5.78 Å². The number of hydrogen-bond donors (Lipinski definition) is 2. The smallest absolute Gasteiger partial charge is 0.220 e. The molecular weight excluding hydrogens is 321 g/mol. The Morgan fingerprint density at radius 1 is 1.04 bits per heavy atom. The van der Waals surface area contributed by atoms with Crippen LogP contribution in [0, 0.1) is 19.7 Å². The van der Waals surface area contributed by atoms with Crippen molar-refractivity contribution in [2.24, 2.45) is 0 Å². The van der Waals surface area contributed by atoms with Crippen molar-refractivity contribution < 1.29 is 19.1 Å². The maximum absolute atomic E-state index is 13.3. The third kappa shape index (κ3) is 5.22. The molecular formula is C20H22FNO3. The second kappa shape index (κ2) is 8.53. The zero-order chi connectivity index (χ0) is 18.4. The van der Waals surface area contributed by atoms with E-state index in [0.717, 1.165) is 11.1 Å². The molecule has 0 unspecified atom stereocenters. The van der Waals surface area contributed by atoms with Gasteiger partial charge in [0, 0.05) is 30.5 Å². The molecule has 2 rings (SSSR count). The number of hydrogen-bond acceptors (Lipinski definition) is 3. The summed E-state index contributed by atoms with van der Waals surface area (Å²) < 4.78 is 13.3. The van der Waals surface area contributed by atoms with E-state index in [1.54, 1.807) is 12.1 Å². The van der Waals surface area contributed by atoms with Crippen LogP contribution in [0.15, 0.2) is 36.4 Å². The molecule has 0 aliphatic heterocycles. The van der Waals surface area contributed by atoms with Crippen LogP contribution in [0.5, 0.6) is 0 Å². The predicted molar refractivity (Wildman–Crippen MR) is 93.7 cm³/mol. The van der Waals surface area contributed by atoms with Gasteiger partial charge in [0.1, 0.15) is 5.82 Å². The minimum Gasteiger partial charge on any atom is -0.392 e.